The Kier molecular flexibility index (Phi) is 10.4. The Morgan fingerprint density at radius 1 is 1.00 bits per heavy atom. The van der Waals surface area contributed by atoms with E-state index in [9.17, 15) is 9.59 Å². The van der Waals surface area contributed by atoms with E-state index in [1.165, 1.54) is 16.8 Å². The van der Waals surface area contributed by atoms with Crippen molar-refractivity contribution in [3.05, 3.63) is 59.7 Å². The van der Waals surface area contributed by atoms with Gasteiger partial charge in [-0.25, -0.2) is 0 Å². The van der Waals surface area contributed by atoms with E-state index in [0.717, 1.165) is 64.1 Å². The van der Waals surface area contributed by atoms with Crippen LogP contribution in [0.1, 0.15) is 36.8 Å². The molecule has 2 fully saturated rings. The number of piperazine rings is 1. The van der Waals surface area contributed by atoms with E-state index >= 15 is 0 Å². The van der Waals surface area contributed by atoms with Crippen molar-refractivity contribution in [1.82, 2.24) is 10.4 Å². The highest BCUT2D eigenvalue weighted by molar-refractivity contribution is 5.94. The lowest BCUT2D eigenvalue weighted by molar-refractivity contribution is -0.135. The van der Waals surface area contributed by atoms with Gasteiger partial charge in [-0.05, 0) is 64.3 Å². The van der Waals surface area contributed by atoms with E-state index in [0.29, 0.717) is 13.0 Å². The second-order valence-corrected chi connectivity index (χ2v) is 9.11. The molecule has 0 atom stereocenters. The van der Waals surface area contributed by atoms with Crippen molar-refractivity contribution in [3.8, 4) is 0 Å². The molecule has 2 aliphatic rings. The molecule has 0 unspecified atom stereocenters. The van der Waals surface area contributed by atoms with Gasteiger partial charge in [0.1, 0.15) is 0 Å². The summed E-state index contributed by atoms with van der Waals surface area (Å²) in [5, 5.41) is 3.03. The van der Waals surface area contributed by atoms with E-state index in [1.807, 2.05) is 12.1 Å². The minimum Gasteiger partial charge on any atom is -0.374 e. The average Bonchev–Trinajstić information content (AvgIpc) is 3.70. The second-order valence-electron chi connectivity index (χ2n) is 9.11. The molecule has 0 bridgehead atoms. The van der Waals surface area contributed by atoms with E-state index in [2.05, 4.69) is 75.7 Å². The molecular formula is C27H38N4O3. The first-order chi connectivity index (χ1) is 16.5. The normalized spacial score (nSPS) is 15.8. The number of anilines is 2. The van der Waals surface area contributed by atoms with Crippen LogP contribution in [0.5, 0.6) is 0 Å². The van der Waals surface area contributed by atoms with Crippen molar-refractivity contribution < 1.29 is 14.4 Å². The van der Waals surface area contributed by atoms with Gasteiger partial charge in [0, 0.05) is 50.0 Å². The summed E-state index contributed by atoms with van der Waals surface area (Å²) in [6.07, 6.45) is 4.11. The average molecular weight is 467 g/mol. The van der Waals surface area contributed by atoms with Crippen molar-refractivity contribution in [1.29, 1.82) is 0 Å². The van der Waals surface area contributed by atoms with E-state index in [4.69, 9.17) is 0 Å². The third kappa shape index (κ3) is 9.15. The third-order valence-corrected chi connectivity index (χ3v) is 6.15. The number of amides is 1. The highest BCUT2D eigenvalue weighted by atomic mass is 16.7. The number of unbranched alkanes of at least 4 members (excludes halogenated alkanes) is 1. The topological polar surface area (TPSA) is 73.9 Å². The summed E-state index contributed by atoms with van der Waals surface area (Å²) in [7, 11) is 0. The Morgan fingerprint density at radius 3 is 2.29 bits per heavy atom. The Hall–Kier alpha value is -2.90. The Balaban J connectivity index is 0.000000343. The maximum Gasteiger partial charge on any atom is 0.312 e. The highest BCUT2D eigenvalue weighted by Gasteiger charge is 2.29. The van der Waals surface area contributed by atoms with Crippen LogP contribution in [0.2, 0.25) is 0 Å². The molecule has 4 rings (SSSR count). The Morgan fingerprint density at radius 2 is 1.68 bits per heavy atom. The number of aryl methyl sites for hydroxylation is 2. The molecule has 2 aromatic rings. The summed E-state index contributed by atoms with van der Waals surface area (Å²) in [5.74, 6) is 0.377. The number of benzene rings is 2. The first kappa shape index (κ1) is 25.7. The summed E-state index contributed by atoms with van der Waals surface area (Å²) in [6, 6.07) is 16.6. The molecule has 1 aliphatic carbocycles. The molecule has 7 nitrogen and oxygen atoms in total. The van der Waals surface area contributed by atoms with Crippen molar-refractivity contribution in [3.63, 3.8) is 0 Å². The largest absolute Gasteiger partial charge is 0.374 e. The molecule has 184 valence electrons. The summed E-state index contributed by atoms with van der Waals surface area (Å²) in [5.41, 5.74) is 7.33. The molecular weight excluding hydrogens is 428 g/mol. The van der Waals surface area contributed by atoms with Crippen LogP contribution < -0.4 is 15.7 Å². The number of rotatable bonds is 10. The predicted octanol–water partition coefficient (Wildman–Crippen LogP) is 3.92. The lowest BCUT2D eigenvalue weighted by atomic mass is 10.2. The number of hydrogen-bond donors (Lipinski definition) is 2. The van der Waals surface area contributed by atoms with Crippen LogP contribution in [0.15, 0.2) is 48.5 Å². The first-order valence-electron chi connectivity index (χ1n) is 12.3. The van der Waals surface area contributed by atoms with Crippen LogP contribution >= 0.6 is 0 Å². The van der Waals surface area contributed by atoms with Crippen LogP contribution in [-0.2, 0) is 14.4 Å². The number of hydrogen-bond acceptors (Lipinski definition) is 6. The van der Waals surface area contributed by atoms with Gasteiger partial charge in [0.05, 0.1) is 0 Å². The van der Waals surface area contributed by atoms with Gasteiger partial charge in [-0.15, -0.1) is 0 Å². The second kappa shape index (κ2) is 13.7. The smallest absolute Gasteiger partial charge is 0.312 e. The highest BCUT2D eigenvalue weighted by Crippen LogP contribution is 2.30. The minimum atomic E-state index is 0.153. The number of nitrogens with zero attached hydrogens (tertiary/aromatic N) is 2. The van der Waals surface area contributed by atoms with E-state index in [-0.39, 0.29) is 11.8 Å². The summed E-state index contributed by atoms with van der Waals surface area (Å²) in [6.45, 7) is 10.4. The van der Waals surface area contributed by atoms with Gasteiger partial charge in [-0.1, -0.05) is 41.5 Å². The lowest BCUT2D eigenvalue weighted by Gasteiger charge is -2.36. The molecule has 0 radical (unpaired) electrons. The van der Waals surface area contributed by atoms with Gasteiger partial charge in [0.15, 0.2) is 0 Å². The van der Waals surface area contributed by atoms with E-state index < -0.39 is 0 Å². The number of nitrogens with one attached hydrogen (secondary N) is 2. The minimum absolute atomic E-state index is 0.153. The molecule has 1 aliphatic heterocycles. The van der Waals surface area contributed by atoms with Gasteiger partial charge >= 0.3 is 6.47 Å². The maximum atomic E-state index is 11.9. The zero-order valence-corrected chi connectivity index (χ0v) is 20.5. The van der Waals surface area contributed by atoms with Crippen molar-refractivity contribution in [2.75, 3.05) is 49.5 Å². The molecule has 2 N–H and O–H groups in total. The molecule has 2 aromatic carbocycles. The van der Waals surface area contributed by atoms with Gasteiger partial charge in [0.25, 0.3) is 0 Å². The summed E-state index contributed by atoms with van der Waals surface area (Å²) in [4.78, 5) is 31.3. The molecule has 0 aromatic heterocycles. The SMILES string of the molecule is Cc1ccc(C)cc1.O=CONCCCCN1CCN(c2cccc(NC(=O)C3CC3)c2)CC1. The fourth-order valence-corrected chi connectivity index (χ4v) is 3.86. The van der Waals surface area contributed by atoms with Crippen LogP contribution in [0, 0.1) is 19.8 Å². The number of hydroxylamine groups is 1. The Labute approximate surface area is 203 Å². The first-order valence-corrected chi connectivity index (χ1v) is 12.3. The van der Waals surface area contributed by atoms with Crippen molar-refractivity contribution in [2.45, 2.75) is 39.5 Å². The van der Waals surface area contributed by atoms with Gasteiger partial charge in [-0.2, -0.15) is 5.48 Å². The zero-order chi connectivity index (χ0) is 24.2. The van der Waals surface area contributed by atoms with Crippen molar-refractivity contribution in [2.24, 2.45) is 5.92 Å². The summed E-state index contributed by atoms with van der Waals surface area (Å²) >= 11 is 0. The van der Waals surface area contributed by atoms with E-state index in [1.54, 1.807) is 0 Å². The lowest BCUT2D eigenvalue weighted by Crippen LogP contribution is -2.46. The van der Waals surface area contributed by atoms with Crippen LogP contribution in [0.25, 0.3) is 0 Å². The fraction of sp³-hybridized carbons (Fsp3) is 0.481. The third-order valence-electron chi connectivity index (χ3n) is 6.15. The standard InChI is InChI=1S/C19H28N4O3.C8H10/c24-15-26-20-8-1-2-9-22-10-12-23(13-11-22)18-5-3-4-17(14-18)21-19(25)16-6-7-16;1-7-3-5-8(2)6-4-7/h3-5,14-16,20H,1-2,6-13H2,(H,21,25);3-6H,1-2H3. The van der Waals surface area contributed by atoms with Gasteiger partial charge in [-0.3, -0.25) is 14.5 Å². The van der Waals surface area contributed by atoms with Crippen LogP contribution in [-0.4, -0.2) is 56.5 Å². The molecule has 1 saturated heterocycles. The number of carbonyl (C=O) groups excluding carboxylic acids is 2. The van der Waals surface area contributed by atoms with Crippen molar-refractivity contribution >= 4 is 23.8 Å². The zero-order valence-electron chi connectivity index (χ0n) is 20.5. The quantitative estimate of drug-likeness (QED) is 0.314. The molecule has 7 heteroatoms. The van der Waals surface area contributed by atoms with Crippen LogP contribution in [0.4, 0.5) is 11.4 Å². The molecule has 1 amide bonds. The van der Waals surface area contributed by atoms with Gasteiger partial charge < -0.3 is 15.1 Å². The molecule has 1 heterocycles. The predicted molar refractivity (Wildman–Crippen MR) is 137 cm³/mol. The molecule has 0 spiro atoms. The van der Waals surface area contributed by atoms with Crippen LogP contribution in [0.3, 0.4) is 0 Å². The van der Waals surface area contributed by atoms with Gasteiger partial charge in [0.2, 0.25) is 5.91 Å². The maximum absolute atomic E-state index is 11.9. The monoisotopic (exact) mass is 466 g/mol. The fourth-order valence-electron chi connectivity index (χ4n) is 3.86. The molecule has 1 saturated carbocycles. The summed E-state index contributed by atoms with van der Waals surface area (Å²) < 4.78 is 0. The molecule has 34 heavy (non-hydrogen) atoms. The Bertz CT molecular complexity index is 870. The number of carbonyl (C=O) groups is 2.